The van der Waals surface area contributed by atoms with Gasteiger partial charge in [-0.2, -0.15) is 0 Å². The molecule has 0 amide bonds. The zero-order valence-corrected chi connectivity index (χ0v) is 40.4. The van der Waals surface area contributed by atoms with E-state index in [9.17, 15) is 5.53 Å². The summed E-state index contributed by atoms with van der Waals surface area (Å²) in [4.78, 5) is 0. The second-order valence-electron chi connectivity index (χ2n) is 17.4. The van der Waals surface area contributed by atoms with Crippen LogP contribution in [0.5, 0.6) is 0 Å². The molecule has 0 fully saturated rings. The van der Waals surface area contributed by atoms with Crippen LogP contribution in [0.15, 0.2) is 72.3 Å². The molecule has 3 rings (SSSR count). The molecular formula is C56H92N2Ni. The van der Waals surface area contributed by atoms with E-state index in [-0.39, 0.29) is 0 Å². The fourth-order valence-electron chi connectivity index (χ4n) is 8.12. The number of aryl methyl sites for hydroxylation is 2. The Morgan fingerprint density at radius 1 is 0.508 bits per heavy atom. The van der Waals surface area contributed by atoms with E-state index in [4.69, 9.17) is 0 Å². The molecule has 0 spiro atoms. The minimum atomic E-state index is 0.881. The van der Waals surface area contributed by atoms with Gasteiger partial charge in [-0.3, -0.25) is 0 Å². The fraction of sp³-hybridized carbons (Fsp3) is 0.679. The van der Waals surface area contributed by atoms with E-state index in [1.807, 2.05) is 14.4 Å². The van der Waals surface area contributed by atoms with Gasteiger partial charge >= 0.3 is 129 Å². The maximum absolute atomic E-state index is 11.3. The van der Waals surface area contributed by atoms with Crippen molar-refractivity contribution < 1.29 is 19.1 Å². The summed E-state index contributed by atoms with van der Waals surface area (Å²) in [6, 6.07) is 17.2. The zero-order valence-electron chi connectivity index (χ0n) is 39.4. The van der Waals surface area contributed by atoms with Crippen LogP contribution in [0.4, 0.5) is 0 Å². The van der Waals surface area contributed by atoms with Crippen molar-refractivity contribution in [1.82, 2.24) is 0 Å². The fourth-order valence-corrected chi connectivity index (χ4v) is 9.35. The zero-order chi connectivity index (χ0) is 42.4. The number of hydrogen-bond donors (Lipinski definition) is 0. The minimum absolute atomic E-state index is 0.881. The summed E-state index contributed by atoms with van der Waals surface area (Å²) in [7, 11) is 0. The van der Waals surface area contributed by atoms with Crippen LogP contribution in [0.3, 0.4) is 0 Å². The molecule has 1 aliphatic rings. The van der Waals surface area contributed by atoms with Gasteiger partial charge in [0.1, 0.15) is 0 Å². The predicted molar refractivity (Wildman–Crippen MR) is 260 cm³/mol. The van der Waals surface area contributed by atoms with Crippen molar-refractivity contribution in [2.24, 2.45) is 0 Å². The molecular weight excluding hydrogens is 759 g/mol. The van der Waals surface area contributed by atoms with E-state index >= 15 is 0 Å². The number of nitrogens with zero attached hydrogens (tertiary/aromatic N) is 2. The van der Waals surface area contributed by atoms with E-state index in [0.29, 0.717) is 0 Å². The molecule has 59 heavy (non-hydrogen) atoms. The van der Waals surface area contributed by atoms with Crippen LogP contribution < -0.4 is 0 Å². The molecule has 0 saturated heterocycles. The number of hydrogen-bond acceptors (Lipinski definition) is 0. The summed E-state index contributed by atoms with van der Waals surface area (Å²) in [5.41, 5.74) is 19.0. The number of unbranched alkanes of at least 4 members (excludes halogenated alkanes) is 24. The van der Waals surface area contributed by atoms with E-state index in [0.717, 1.165) is 47.4 Å². The van der Waals surface area contributed by atoms with Crippen LogP contribution >= 0.6 is 0 Å². The third-order valence-corrected chi connectivity index (χ3v) is 13.3. The van der Waals surface area contributed by atoms with Gasteiger partial charge in [0.15, 0.2) is 0 Å². The summed E-state index contributed by atoms with van der Waals surface area (Å²) in [5.74, 6) is 0. The van der Waals surface area contributed by atoms with Crippen molar-refractivity contribution in [2.75, 3.05) is 0 Å². The Bertz CT molecular complexity index is 1400. The molecule has 0 radical (unpaired) electrons. The molecule has 0 aliphatic carbocycles. The Morgan fingerprint density at radius 3 is 1.56 bits per heavy atom. The van der Waals surface area contributed by atoms with Gasteiger partial charge in [-0.1, -0.05) is 127 Å². The molecule has 1 heterocycles. The van der Waals surface area contributed by atoms with Crippen LogP contribution in [0.25, 0.3) is 16.9 Å². The van der Waals surface area contributed by atoms with Gasteiger partial charge in [0.2, 0.25) is 11.4 Å². The second kappa shape index (κ2) is 37.5. The first-order valence-electron chi connectivity index (χ1n) is 25.3. The SMILES string of the molecule is CCCCCCCCCCCCCC=CCCc1ccccc1C1=CC(C)=C(c2cccc(CCCC)c2)[N+]1=[N-].CCCCCCCC[CH2][Ni][CH2]CCCCCCCC. The maximum atomic E-state index is 11.3. The first kappa shape index (κ1) is 52.9. The van der Waals surface area contributed by atoms with Crippen molar-refractivity contribution in [3.05, 3.63) is 100 Å². The molecule has 2 aromatic rings. The van der Waals surface area contributed by atoms with Gasteiger partial charge in [-0.05, 0) is 74.8 Å². The molecule has 0 atom stereocenters. The van der Waals surface area contributed by atoms with Crippen molar-refractivity contribution >= 4 is 11.4 Å². The molecule has 2 aromatic carbocycles. The molecule has 0 unspecified atom stereocenters. The number of benzene rings is 2. The summed E-state index contributed by atoms with van der Waals surface area (Å²) in [6.45, 7) is 11.2. The third-order valence-electron chi connectivity index (χ3n) is 11.9. The van der Waals surface area contributed by atoms with E-state index in [1.54, 1.807) is 0 Å². The average molecular weight is 852 g/mol. The third kappa shape index (κ3) is 25.3. The summed E-state index contributed by atoms with van der Waals surface area (Å²) in [5, 5.41) is 2.85. The molecule has 0 aromatic heterocycles. The first-order valence-corrected chi connectivity index (χ1v) is 26.7. The Hall–Kier alpha value is -2.25. The van der Waals surface area contributed by atoms with E-state index in [2.05, 4.69) is 101 Å². The van der Waals surface area contributed by atoms with Crippen molar-refractivity contribution in [3.8, 4) is 0 Å². The van der Waals surface area contributed by atoms with Crippen LogP contribution in [0, 0.1) is 0 Å². The quantitative estimate of drug-likeness (QED) is 0.0282. The normalized spacial score (nSPS) is 12.8. The number of allylic oxidation sites excluding steroid dienone is 4. The Kier molecular flexibility index (Phi) is 33.6. The molecule has 336 valence electrons. The summed E-state index contributed by atoms with van der Waals surface area (Å²) in [6.07, 6.45) is 49.2. The Balaban J connectivity index is 0.000000532. The molecule has 2 nitrogen and oxygen atoms in total. The van der Waals surface area contributed by atoms with Gasteiger partial charge in [0.05, 0.1) is 0 Å². The monoisotopic (exact) mass is 851 g/mol. The predicted octanol–water partition coefficient (Wildman–Crippen LogP) is 19.4. The van der Waals surface area contributed by atoms with Gasteiger partial charge < -0.3 is 5.53 Å². The van der Waals surface area contributed by atoms with Crippen molar-refractivity contribution in [3.63, 3.8) is 0 Å². The van der Waals surface area contributed by atoms with Crippen LogP contribution in [0.1, 0.15) is 243 Å². The van der Waals surface area contributed by atoms with E-state index in [1.165, 1.54) is 206 Å². The Labute approximate surface area is 373 Å². The van der Waals surface area contributed by atoms with Crippen LogP contribution in [-0.2, 0) is 27.3 Å². The van der Waals surface area contributed by atoms with Gasteiger partial charge in [-0.15, -0.1) is 0 Å². The van der Waals surface area contributed by atoms with Crippen molar-refractivity contribution in [1.29, 1.82) is 0 Å². The van der Waals surface area contributed by atoms with Gasteiger partial charge in [0.25, 0.3) is 0 Å². The van der Waals surface area contributed by atoms with Gasteiger partial charge in [-0.25, -0.2) is 4.70 Å². The van der Waals surface area contributed by atoms with E-state index < -0.39 is 0 Å². The van der Waals surface area contributed by atoms with Gasteiger partial charge in [0, 0.05) is 22.8 Å². The Morgan fingerprint density at radius 2 is 1.00 bits per heavy atom. The standard InChI is InChI=1S/C38H54N2.2C9H19.Ni/c1-4-6-8-9-10-11-12-13-14-15-16-17-18-19-20-26-34-27-21-22-29-36(34)37-30-32(3)38(40(37)39)35-28-23-25-33(31-35)24-7-5-2;2*1-3-5-7-9-8-6-4-2;/h18-19,21-23,25,27-31H,4-17,20,24,26H2,1-3H3;2*1,3-9H2,2H3;. The van der Waals surface area contributed by atoms with Crippen LogP contribution in [0.2, 0.25) is 10.8 Å². The topological polar surface area (TPSA) is 25.3 Å². The summed E-state index contributed by atoms with van der Waals surface area (Å²) < 4.78 is 1.41. The van der Waals surface area contributed by atoms with Crippen LogP contribution in [-0.4, -0.2) is 4.70 Å². The van der Waals surface area contributed by atoms with Crippen molar-refractivity contribution in [2.45, 2.75) is 244 Å². The molecule has 3 heteroatoms. The first-order chi connectivity index (χ1) is 29.1. The summed E-state index contributed by atoms with van der Waals surface area (Å²) >= 11 is 2.01. The number of rotatable bonds is 36. The molecule has 0 N–H and O–H groups in total. The molecule has 1 aliphatic heterocycles. The average Bonchev–Trinajstić information content (AvgIpc) is 3.55. The molecule has 0 bridgehead atoms. The molecule has 0 saturated carbocycles. The second-order valence-corrected chi connectivity index (χ2v) is 18.9.